The van der Waals surface area contributed by atoms with Gasteiger partial charge in [0.15, 0.2) is 5.17 Å². The largest absolute Gasteiger partial charge is 0.362 e. The smallest absolute Gasteiger partial charge is 0.157 e. The average molecular weight is 268 g/mol. The van der Waals surface area contributed by atoms with Gasteiger partial charge in [0.2, 0.25) is 0 Å². The zero-order valence-corrected chi connectivity index (χ0v) is 13.1. The van der Waals surface area contributed by atoms with Crippen molar-refractivity contribution in [2.75, 3.05) is 6.54 Å². The minimum absolute atomic E-state index is 0.417. The molecule has 1 fully saturated rings. The number of aliphatic imine (C=N–C) groups is 1. The summed E-state index contributed by atoms with van der Waals surface area (Å²) in [6, 6.07) is 0.665. The number of nitrogens with one attached hydrogen (secondary N) is 1. The maximum Gasteiger partial charge on any atom is 0.157 e. The van der Waals surface area contributed by atoms with Gasteiger partial charge in [-0.15, -0.1) is 0 Å². The Bertz CT molecular complexity index is 306. The lowest BCUT2D eigenvalue weighted by Crippen LogP contribution is -2.39. The Labute approximate surface area is 116 Å². The first kappa shape index (κ1) is 14.2. The number of hydrogen-bond donors (Lipinski definition) is 1. The number of rotatable bonds is 2. The molecule has 1 aliphatic heterocycles. The highest BCUT2D eigenvalue weighted by Crippen LogP contribution is 2.32. The molecule has 0 aromatic heterocycles. The summed E-state index contributed by atoms with van der Waals surface area (Å²) in [5.41, 5.74) is 0.417. The van der Waals surface area contributed by atoms with Gasteiger partial charge in [-0.3, -0.25) is 4.99 Å². The van der Waals surface area contributed by atoms with Crippen LogP contribution in [0.4, 0.5) is 0 Å². The maximum atomic E-state index is 4.70. The Kier molecular flexibility index (Phi) is 4.63. The zero-order valence-electron chi connectivity index (χ0n) is 12.3. The van der Waals surface area contributed by atoms with Crippen LogP contribution in [0.15, 0.2) is 4.99 Å². The van der Waals surface area contributed by atoms with Crippen molar-refractivity contribution in [1.82, 2.24) is 5.32 Å². The monoisotopic (exact) mass is 268 g/mol. The fourth-order valence-electron chi connectivity index (χ4n) is 2.98. The molecule has 2 nitrogen and oxygen atoms in total. The molecule has 0 amide bonds. The highest BCUT2D eigenvalue weighted by molar-refractivity contribution is 8.14. The lowest BCUT2D eigenvalue weighted by Gasteiger charge is -2.30. The summed E-state index contributed by atoms with van der Waals surface area (Å²) in [5, 5.41) is 5.59. The third-order valence-electron chi connectivity index (χ3n) is 3.98. The summed E-state index contributed by atoms with van der Waals surface area (Å²) >= 11 is 1.97. The molecule has 0 saturated heterocycles. The predicted molar refractivity (Wildman–Crippen MR) is 82.3 cm³/mol. The fourth-order valence-corrected chi connectivity index (χ4v) is 4.39. The van der Waals surface area contributed by atoms with E-state index in [1.54, 1.807) is 0 Å². The maximum absolute atomic E-state index is 4.70. The van der Waals surface area contributed by atoms with Crippen molar-refractivity contribution >= 4 is 16.9 Å². The second kappa shape index (κ2) is 5.85. The molecule has 1 aliphatic carbocycles. The van der Waals surface area contributed by atoms with Crippen LogP contribution in [-0.4, -0.2) is 23.0 Å². The van der Waals surface area contributed by atoms with Crippen molar-refractivity contribution in [3.05, 3.63) is 0 Å². The van der Waals surface area contributed by atoms with E-state index in [0.29, 0.717) is 16.7 Å². The van der Waals surface area contributed by atoms with E-state index in [-0.39, 0.29) is 0 Å². The Balaban J connectivity index is 1.78. The summed E-state index contributed by atoms with van der Waals surface area (Å²) in [7, 11) is 0. The van der Waals surface area contributed by atoms with Crippen LogP contribution in [0.25, 0.3) is 0 Å². The van der Waals surface area contributed by atoms with Crippen LogP contribution in [0.2, 0.25) is 0 Å². The van der Waals surface area contributed by atoms with E-state index in [1.165, 1.54) is 37.3 Å². The van der Waals surface area contributed by atoms with Gasteiger partial charge in [-0.25, -0.2) is 0 Å². The van der Waals surface area contributed by atoms with Crippen LogP contribution in [0.5, 0.6) is 0 Å². The molecule has 104 valence electrons. The molecular weight excluding hydrogens is 240 g/mol. The lowest BCUT2D eigenvalue weighted by atomic mass is 9.86. The molecule has 1 saturated carbocycles. The quantitative estimate of drug-likeness (QED) is 0.816. The van der Waals surface area contributed by atoms with Gasteiger partial charge in [0.25, 0.3) is 0 Å². The molecule has 0 spiro atoms. The molecule has 1 N–H and O–H groups in total. The SMILES string of the molecule is CC1CCCCC1NC1=NCC(CC(C)(C)C)S1. The number of amidine groups is 1. The number of nitrogens with zero attached hydrogens (tertiary/aromatic N) is 1. The van der Waals surface area contributed by atoms with Crippen molar-refractivity contribution in [2.45, 2.75) is 71.1 Å². The highest BCUT2D eigenvalue weighted by Gasteiger charge is 2.28. The Morgan fingerprint density at radius 1 is 1.28 bits per heavy atom. The van der Waals surface area contributed by atoms with Crippen molar-refractivity contribution in [2.24, 2.45) is 16.3 Å². The van der Waals surface area contributed by atoms with Gasteiger partial charge in [-0.2, -0.15) is 0 Å². The number of hydrogen-bond acceptors (Lipinski definition) is 3. The summed E-state index contributed by atoms with van der Waals surface area (Å²) in [6.07, 6.45) is 6.75. The van der Waals surface area contributed by atoms with E-state index in [1.807, 2.05) is 11.8 Å². The Morgan fingerprint density at radius 3 is 2.67 bits per heavy atom. The van der Waals surface area contributed by atoms with Gasteiger partial charge in [-0.1, -0.05) is 52.3 Å². The Morgan fingerprint density at radius 2 is 2.00 bits per heavy atom. The van der Waals surface area contributed by atoms with Gasteiger partial charge in [-0.05, 0) is 30.6 Å². The minimum atomic E-state index is 0.417. The van der Waals surface area contributed by atoms with E-state index in [4.69, 9.17) is 4.99 Å². The first-order chi connectivity index (χ1) is 8.44. The van der Waals surface area contributed by atoms with E-state index < -0.39 is 0 Å². The molecule has 0 bridgehead atoms. The van der Waals surface area contributed by atoms with E-state index in [9.17, 15) is 0 Å². The van der Waals surface area contributed by atoms with Crippen LogP contribution in [-0.2, 0) is 0 Å². The van der Waals surface area contributed by atoms with Gasteiger partial charge < -0.3 is 5.32 Å². The molecule has 3 atom stereocenters. The Hall–Kier alpha value is -0.180. The molecule has 1 heterocycles. The van der Waals surface area contributed by atoms with Crippen LogP contribution in [0.3, 0.4) is 0 Å². The van der Waals surface area contributed by atoms with Gasteiger partial charge in [0.05, 0.1) is 6.54 Å². The van der Waals surface area contributed by atoms with Gasteiger partial charge in [0, 0.05) is 11.3 Å². The first-order valence-corrected chi connectivity index (χ1v) is 8.30. The average Bonchev–Trinajstić information content (AvgIpc) is 2.66. The van der Waals surface area contributed by atoms with Crippen LogP contribution in [0, 0.1) is 11.3 Å². The van der Waals surface area contributed by atoms with Crippen LogP contribution in [0.1, 0.15) is 59.8 Å². The topological polar surface area (TPSA) is 24.4 Å². The fraction of sp³-hybridized carbons (Fsp3) is 0.933. The van der Waals surface area contributed by atoms with Crippen molar-refractivity contribution in [3.63, 3.8) is 0 Å². The lowest BCUT2D eigenvalue weighted by molar-refractivity contribution is 0.310. The molecule has 0 radical (unpaired) electrons. The normalized spacial score (nSPS) is 33.3. The van der Waals surface area contributed by atoms with E-state index >= 15 is 0 Å². The summed E-state index contributed by atoms with van der Waals surface area (Å²) in [6.45, 7) is 10.3. The second-order valence-corrected chi connectivity index (χ2v) is 8.45. The van der Waals surface area contributed by atoms with Gasteiger partial charge >= 0.3 is 0 Å². The molecule has 0 aromatic carbocycles. The second-order valence-electron chi connectivity index (χ2n) is 7.16. The van der Waals surface area contributed by atoms with Crippen LogP contribution >= 0.6 is 11.8 Å². The van der Waals surface area contributed by atoms with E-state index in [2.05, 4.69) is 33.0 Å². The van der Waals surface area contributed by atoms with Gasteiger partial charge in [0.1, 0.15) is 0 Å². The molecule has 18 heavy (non-hydrogen) atoms. The molecular formula is C15H28N2S. The van der Waals surface area contributed by atoms with Crippen molar-refractivity contribution in [3.8, 4) is 0 Å². The molecule has 0 aromatic rings. The first-order valence-electron chi connectivity index (χ1n) is 7.42. The highest BCUT2D eigenvalue weighted by atomic mass is 32.2. The molecule has 2 aliphatic rings. The van der Waals surface area contributed by atoms with Crippen molar-refractivity contribution in [1.29, 1.82) is 0 Å². The summed E-state index contributed by atoms with van der Waals surface area (Å²) < 4.78 is 0. The van der Waals surface area contributed by atoms with Crippen molar-refractivity contribution < 1.29 is 0 Å². The number of thioether (sulfide) groups is 1. The third kappa shape index (κ3) is 4.18. The standard InChI is InChI=1S/C15H28N2S/c1-11-7-5-6-8-13(11)17-14-16-10-12(18-14)9-15(2,3)4/h11-13H,5-10H2,1-4H3,(H,16,17). The predicted octanol–water partition coefficient (Wildman–Crippen LogP) is 4.06. The minimum Gasteiger partial charge on any atom is -0.362 e. The van der Waals surface area contributed by atoms with E-state index in [0.717, 1.165) is 12.5 Å². The molecule has 3 unspecified atom stereocenters. The van der Waals surface area contributed by atoms with Crippen LogP contribution < -0.4 is 5.32 Å². The molecule has 2 rings (SSSR count). The zero-order chi connectivity index (χ0) is 13.2. The summed E-state index contributed by atoms with van der Waals surface area (Å²) in [5.74, 6) is 0.809. The molecule has 3 heteroatoms. The summed E-state index contributed by atoms with van der Waals surface area (Å²) in [4.78, 5) is 4.70. The third-order valence-corrected chi connectivity index (χ3v) is 5.10.